The third-order valence-electron chi connectivity index (χ3n) is 2.43. The number of ether oxygens (including phenoxy) is 1. The Hall–Kier alpha value is -2.43. The molecule has 0 aliphatic carbocycles. The minimum Gasteiger partial charge on any atom is -0.462 e. The number of nitrogens with one attached hydrogen (secondary N) is 1. The molecular weight excluding hydrogens is 232 g/mol. The molecule has 0 aliphatic rings. The highest BCUT2D eigenvalue weighted by Gasteiger charge is 2.07. The molecule has 0 aliphatic heterocycles. The number of aromatic amines is 1. The Morgan fingerprint density at radius 3 is 2.67 bits per heavy atom. The minimum absolute atomic E-state index is 0.214. The van der Waals surface area contributed by atoms with Crippen molar-refractivity contribution in [3.63, 3.8) is 0 Å². The average molecular weight is 244 g/mol. The maximum atomic E-state index is 11.6. The lowest BCUT2D eigenvalue weighted by molar-refractivity contribution is 0.0526. The summed E-state index contributed by atoms with van der Waals surface area (Å²) in [7, 11) is 0. The number of nitrogens with zero attached hydrogens (tertiary/aromatic N) is 1. The second-order valence-corrected chi connectivity index (χ2v) is 3.59. The van der Waals surface area contributed by atoms with Gasteiger partial charge in [0.25, 0.3) is 5.56 Å². The van der Waals surface area contributed by atoms with Crippen LogP contribution in [0.5, 0.6) is 0 Å². The molecule has 1 aromatic carbocycles. The van der Waals surface area contributed by atoms with Crippen molar-refractivity contribution in [2.45, 2.75) is 6.92 Å². The van der Waals surface area contributed by atoms with Crippen LogP contribution in [0.4, 0.5) is 0 Å². The summed E-state index contributed by atoms with van der Waals surface area (Å²) in [6.07, 6.45) is 2.82. The molecular formula is C13H12N2O3. The van der Waals surface area contributed by atoms with Crippen molar-refractivity contribution in [3.8, 4) is 11.1 Å². The summed E-state index contributed by atoms with van der Waals surface area (Å²) in [6.45, 7) is 2.09. The molecule has 0 bridgehead atoms. The van der Waals surface area contributed by atoms with Gasteiger partial charge in [0, 0.05) is 6.20 Å². The van der Waals surface area contributed by atoms with Gasteiger partial charge in [-0.2, -0.15) is 0 Å². The number of carbonyl (C=O) groups excluding carboxylic acids is 1. The van der Waals surface area contributed by atoms with Gasteiger partial charge in [-0.3, -0.25) is 4.79 Å². The number of esters is 1. The molecule has 5 nitrogen and oxygen atoms in total. The van der Waals surface area contributed by atoms with Gasteiger partial charge in [-0.05, 0) is 24.6 Å². The van der Waals surface area contributed by atoms with E-state index >= 15 is 0 Å². The van der Waals surface area contributed by atoms with E-state index in [0.717, 1.165) is 0 Å². The summed E-state index contributed by atoms with van der Waals surface area (Å²) >= 11 is 0. The normalized spacial score (nSPS) is 10.1. The van der Waals surface area contributed by atoms with E-state index in [1.165, 1.54) is 12.5 Å². The third kappa shape index (κ3) is 2.45. The van der Waals surface area contributed by atoms with Crippen LogP contribution < -0.4 is 5.56 Å². The predicted molar refractivity (Wildman–Crippen MR) is 66.3 cm³/mol. The van der Waals surface area contributed by atoms with E-state index in [2.05, 4.69) is 9.97 Å². The molecule has 2 aromatic rings. The minimum atomic E-state index is -0.371. The van der Waals surface area contributed by atoms with E-state index in [1.54, 1.807) is 31.2 Å². The Labute approximate surface area is 103 Å². The molecule has 18 heavy (non-hydrogen) atoms. The summed E-state index contributed by atoms with van der Waals surface area (Å²) in [5.41, 5.74) is 1.42. The predicted octanol–water partition coefficient (Wildman–Crippen LogP) is 1.61. The second-order valence-electron chi connectivity index (χ2n) is 3.59. The molecule has 0 fully saturated rings. The van der Waals surface area contributed by atoms with Crippen LogP contribution in [-0.4, -0.2) is 22.5 Å². The second kappa shape index (κ2) is 5.27. The van der Waals surface area contributed by atoms with Crippen LogP contribution in [0, 0.1) is 0 Å². The highest BCUT2D eigenvalue weighted by Crippen LogP contribution is 2.15. The summed E-state index contributed by atoms with van der Waals surface area (Å²) in [5, 5.41) is 0. The van der Waals surface area contributed by atoms with Crippen LogP contribution in [0.1, 0.15) is 17.3 Å². The Bertz CT molecular complexity index is 602. The molecule has 1 aromatic heterocycles. The van der Waals surface area contributed by atoms with Gasteiger partial charge < -0.3 is 9.72 Å². The smallest absolute Gasteiger partial charge is 0.338 e. The van der Waals surface area contributed by atoms with Crippen molar-refractivity contribution in [2.75, 3.05) is 6.61 Å². The van der Waals surface area contributed by atoms with Crippen LogP contribution in [0.2, 0.25) is 0 Å². The molecule has 2 rings (SSSR count). The number of benzene rings is 1. The fraction of sp³-hybridized carbons (Fsp3) is 0.154. The molecule has 0 atom stereocenters. The highest BCUT2D eigenvalue weighted by molar-refractivity contribution is 5.90. The standard InChI is InChI=1S/C13H12N2O3/c1-2-18-13(17)10-5-3-9(4-6-10)11-7-14-8-15-12(11)16/h3-8H,2H2,1H3,(H,14,15,16). The van der Waals surface area contributed by atoms with Gasteiger partial charge >= 0.3 is 5.97 Å². The lowest BCUT2D eigenvalue weighted by Crippen LogP contribution is -2.09. The topological polar surface area (TPSA) is 72.0 Å². The Balaban J connectivity index is 2.31. The first-order valence-electron chi connectivity index (χ1n) is 5.52. The van der Waals surface area contributed by atoms with Crippen molar-refractivity contribution in [1.29, 1.82) is 0 Å². The molecule has 0 spiro atoms. The van der Waals surface area contributed by atoms with Crippen molar-refractivity contribution in [3.05, 3.63) is 52.7 Å². The summed E-state index contributed by atoms with van der Waals surface area (Å²) < 4.78 is 4.88. The maximum absolute atomic E-state index is 11.6. The van der Waals surface area contributed by atoms with Gasteiger partial charge in [0.1, 0.15) is 0 Å². The van der Waals surface area contributed by atoms with E-state index in [4.69, 9.17) is 4.74 Å². The Morgan fingerprint density at radius 2 is 2.06 bits per heavy atom. The molecule has 0 unspecified atom stereocenters. The van der Waals surface area contributed by atoms with E-state index in [9.17, 15) is 9.59 Å². The zero-order valence-electron chi connectivity index (χ0n) is 9.84. The first kappa shape index (κ1) is 12.0. The van der Waals surface area contributed by atoms with Gasteiger partial charge in [0.05, 0.1) is 24.1 Å². The monoisotopic (exact) mass is 244 g/mol. The molecule has 0 amide bonds. The maximum Gasteiger partial charge on any atom is 0.338 e. The van der Waals surface area contributed by atoms with Crippen LogP contribution in [0.15, 0.2) is 41.6 Å². The van der Waals surface area contributed by atoms with Gasteiger partial charge in [-0.1, -0.05) is 12.1 Å². The molecule has 5 heteroatoms. The van der Waals surface area contributed by atoms with Crippen LogP contribution in [-0.2, 0) is 4.74 Å². The quantitative estimate of drug-likeness (QED) is 0.832. The number of hydrogen-bond donors (Lipinski definition) is 1. The summed E-state index contributed by atoms with van der Waals surface area (Å²) in [5.74, 6) is -0.371. The van der Waals surface area contributed by atoms with E-state index < -0.39 is 0 Å². The number of carbonyl (C=O) groups is 1. The molecule has 0 saturated heterocycles. The van der Waals surface area contributed by atoms with Gasteiger partial charge in [0.2, 0.25) is 0 Å². The van der Waals surface area contributed by atoms with Gasteiger partial charge in [0.15, 0.2) is 0 Å². The van der Waals surface area contributed by atoms with Crippen molar-refractivity contribution < 1.29 is 9.53 Å². The van der Waals surface area contributed by atoms with Crippen molar-refractivity contribution in [1.82, 2.24) is 9.97 Å². The van der Waals surface area contributed by atoms with Crippen LogP contribution >= 0.6 is 0 Å². The van der Waals surface area contributed by atoms with Crippen LogP contribution in [0.3, 0.4) is 0 Å². The molecule has 1 heterocycles. The number of hydrogen-bond acceptors (Lipinski definition) is 4. The fourth-order valence-corrected chi connectivity index (χ4v) is 1.55. The average Bonchev–Trinajstić information content (AvgIpc) is 2.40. The van der Waals surface area contributed by atoms with Crippen molar-refractivity contribution in [2.24, 2.45) is 0 Å². The van der Waals surface area contributed by atoms with Crippen LogP contribution in [0.25, 0.3) is 11.1 Å². The molecule has 1 N–H and O–H groups in total. The number of aromatic nitrogens is 2. The fourth-order valence-electron chi connectivity index (χ4n) is 1.55. The lowest BCUT2D eigenvalue weighted by Gasteiger charge is -2.03. The van der Waals surface area contributed by atoms with Crippen molar-refractivity contribution >= 4 is 5.97 Å². The summed E-state index contributed by atoms with van der Waals surface area (Å²) in [6, 6.07) is 6.64. The number of H-pyrrole nitrogens is 1. The first-order valence-corrected chi connectivity index (χ1v) is 5.52. The molecule has 92 valence electrons. The lowest BCUT2D eigenvalue weighted by atomic mass is 10.1. The zero-order valence-corrected chi connectivity index (χ0v) is 9.84. The van der Waals surface area contributed by atoms with Gasteiger partial charge in [-0.25, -0.2) is 9.78 Å². The molecule has 0 radical (unpaired) electrons. The van der Waals surface area contributed by atoms with E-state index in [-0.39, 0.29) is 11.5 Å². The largest absolute Gasteiger partial charge is 0.462 e. The molecule has 0 saturated carbocycles. The Kier molecular flexibility index (Phi) is 3.52. The number of rotatable bonds is 3. The Morgan fingerprint density at radius 1 is 1.33 bits per heavy atom. The highest BCUT2D eigenvalue weighted by atomic mass is 16.5. The van der Waals surface area contributed by atoms with E-state index in [1.807, 2.05) is 0 Å². The third-order valence-corrected chi connectivity index (χ3v) is 2.43. The summed E-state index contributed by atoms with van der Waals surface area (Å²) in [4.78, 5) is 29.4. The SMILES string of the molecule is CCOC(=O)c1ccc(-c2cnc[nH]c2=O)cc1. The van der Waals surface area contributed by atoms with Gasteiger partial charge in [-0.15, -0.1) is 0 Å². The van der Waals surface area contributed by atoms with E-state index in [0.29, 0.717) is 23.3 Å². The first-order chi connectivity index (χ1) is 8.72. The zero-order chi connectivity index (χ0) is 13.0.